The van der Waals surface area contributed by atoms with Crippen LogP contribution in [0.1, 0.15) is 6.92 Å². The largest absolute Gasteiger partial charge is 0.481 e. The molecule has 0 aliphatic carbocycles. The number of piperazine rings is 1. The summed E-state index contributed by atoms with van der Waals surface area (Å²) in [6, 6.07) is 0. The van der Waals surface area contributed by atoms with Gasteiger partial charge in [0.1, 0.15) is 0 Å². The molecule has 0 unspecified atom stereocenters. The Kier molecular flexibility index (Phi) is 5.73. The van der Waals surface area contributed by atoms with Crippen molar-refractivity contribution in [2.24, 2.45) is 5.84 Å². The number of nitrogens with zero attached hydrogens (tertiary/aromatic N) is 1. The zero-order valence-corrected chi connectivity index (χ0v) is 6.71. The minimum absolute atomic E-state index is 0.833. The predicted octanol–water partition coefficient (Wildman–Crippen LogP) is -1.14. The Balaban J connectivity index is 0.000000218. The summed E-state index contributed by atoms with van der Waals surface area (Å²) < 4.78 is 0. The summed E-state index contributed by atoms with van der Waals surface area (Å²) >= 11 is 0. The number of hydrazine groups is 1. The van der Waals surface area contributed by atoms with Gasteiger partial charge in [0.25, 0.3) is 5.97 Å². The van der Waals surface area contributed by atoms with Crippen molar-refractivity contribution in [1.29, 1.82) is 0 Å². The Morgan fingerprint density at radius 3 is 2.09 bits per heavy atom. The van der Waals surface area contributed by atoms with Gasteiger partial charge >= 0.3 is 0 Å². The van der Waals surface area contributed by atoms with E-state index in [1.54, 1.807) is 0 Å². The molecular formula is C6H15N3O2. The van der Waals surface area contributed by atoms with Crippen LogP contribution in [-0.4, -0.2) is 42.3 Å². The van der Waals surface area contributed by atoms with Crippen LogP contribution in [0.2, 0.25) is 0 Å². The quantitative estimate of drug-likeness (QED) is 0.391. The van der Waals surface area contributed by atoms with Crippen molar-refractivity contribution < 1.29 is 9.90 Å². The summed E-state index contributed by atoms with van der Waals surface area (Å²) in [6.07, 6.45) is 0. The molecule has 1 fully saturated rings. The van der Waals surface area contributed by atoms with Crippen molar-refractivity contribution >= 4 is 5.97 Å². The predicted molar refractivity (Wildman–Crippen MR) is 41.9 cm³/mol. The van der Waals surface area contributed by atoms with Gasteiger partial charge in [0.2, 0.25) is 0 Å². The lowest BCUT2D eigenvalue weighted by atomic mass is 10.4. The topological polar surface area (TPSA) is 78.6 Å². The molecule has 1 heterocycles. The number of carboxylic acid groups (broad SMARTS) is 1. The minimum atomic E-state index is -0.833. The third-order valence-corrected chi connectivity index (χ3v) is 1.15. The van der Waals surface area contributed by atoms with Crippen LogP contribution in [0.25, 0.3) is 0 Å². The highest BCUT2D eigenvalue weighted by Crippen LogP contribution is 1.79. The van der Waals surface area contributed by atoms with E-state index in [1.165, 1.54) is 0 Å². The van der Waals surface area contributed by atoms with Crippen LogP contribution in [0.5, 0.6) is 0 Å². The Morgan fingerprint density at radius 2 is 1.91 bits per heavy atom. The molecule has 4 N–H and O–H groups in total. The summed E-state index contributed by atoms with van der Waals surface area (Å²) in [7, 11) is 0. The van der Waals surface area contributed by atoms with E-state index in [0.29, 0.717) is 0 Å². The maximum absolute atomic E-state index is 9.00. The van der Waals surface area contributed by atoms with Gasteiger partial charge in [-0.3, -0.25) is 10.6 Å². The maximum Gasteiger partial charge on any atom is 0.300 e. The van der Waals surface area contributed by atoms with E-state index >= 15 is 0 Å². The Morgan fingerprint density at radius 1 is 1.55 bits per heavy atom. The molecular weight excluding hydrogens is 146 g/mol. The molecule has 5 nitrogen and oxygen atoms in total. The second-order valence-corrected chi connectivity index (χ2v) is 2.30. The van der Waals surface area contributed by atoms with Gasteiger partial charge in [0.05, 0.1) is 0 Å². The Hall–Kier alpha value is -0.650. The minimum Gasteiger partial charge on any atom is -0.481 e. The fourth-order valence-electron chi connectivity index (χ4n) is 0.682. The van der Waals surface area contributed by atoms with E-state index in [9.17, 15) is 0 Å². The van der Waals surface area contributed by atoms with Gasteiger partial charge in [-0.05, 0) is 0 Å². The maximum atomic E-state index is 9.00. The van der Waals surface area contributed by atoms with Crippen molar-refractivity contribution in [2.75, 3.05) is 26.2 Å². The van der Waals surface area contributed by atoms with E-state index < -0.39 is 5.97 Å². The van der Waals surface area contributed by atoms with Gasteiger partial charge in [0.15, 0.2) is 0 Å². The third-order valence-electron chi connectivity index (χ3n) is 1.15. The number of carboxylic acids is 1. The van der Waals surface area contributed by atoms with Gasteiger partial charge in [-0.2, -0.15) is 0 Å². The number of aliphatic carboxylic acids is 1. The summed E-state index contributed by atoms with van der Waals surface area (Å²) in [5.74, 6) is 4.59. The number of carbonyl (C=O) groups is 1. The highest BCUT2D eigenvalue weighted by atomic mass is 16.4. The first-order valence-corrected chi connectivity index (χ1v) is 3.53. The molecule has 11 heavy (non-hydrogen) atoms. The Bertz CT molecular complexity index is 108. The summed E-state index contributed by atoms with van der Waals surface area (Å²) in [5, 5.41) is 12.4. The highest BCUT2D eigenvalue weighted by molar-refractivity contribution is 5.62. The molecule has 0 atom stereocenters. The number of nitrogens with two attached hydrogens (primary N) is 1. The molecule has 1 aliphatic heterocycles. The van der Waals surface area contributed by atoms with Crippen molar-refractivity contribution in [3.8, 4) is 0 Å². The molecule has 5 heteroatoms. The summed E-state index contributed by atoms with van der Waals surface area (Å²) in [6.45, 7) is 5.13. The van der Waals surface area contributed by atoms with Crippen LogP contribution in [0, 0.1) is 0 Å². The van der Waals surface area contributed by atoms with Gasteiger partial charge in [-0.1, -0.05) is 0 Å². The molecule has 0 bridgehead atoms. The SMILES string of the molecule is CC(=O)O.NN1CCNCC1. The van der Waals surface area contributed by atoms with Crippen molar-refractivity contribution in [3.63, 3.8) is 0 Å². The van der Waals surface area contributed by atoms with Crippen LogP contribution in [-0.2, 0) is 4.79 Å². The molecule has 0 saturated carbocycles. The second-order valence-electron chi connectivity index (χ2n) is 2.30. The lowest BCUT2D eigenvalue weighted by Crippen LogP contribution is -2.47. The van der Waals surface area contributed by atoms with Gasteiger partial charge < -0.3 is 10.4 Å². The number of rotatable bonds is 0. The molecule has 1 saturated heterocycles. The fourth-order valence-corrected chi connectivity index (χ4v) is 0.682. The molecule has 0 radical (unpaired) electrons. The highest BCUT2D eigenvalue weighted by Gasteiger charge is 2.01. The molecule has 1 aliphatic rings. The zero-order chi connectivity index (χ0) is 8.69. The van der Waals surface area contributed by atoms with Crippen LogP contribution >= 0.6 is 0 Å². The second kappa shape index (κ2) is 6.09. The molecule has 1 rings (SSSR count). The van der Waals surface area contributed by atoms with E-state index in [2.05, 4.69) is 5.32 Å². The zero-order valence-electron chi connectivity index (χ0n) is 6.71. The van der Waals surface area contributed by atoms with Gasteiger partial charge in [0, 0.05) is 33.1 Å². The molecule has 66 valence electrons. The molecule has 0 aromatic rings. The standard InChI is InChI=1S/C4H11N3.C2H4O2/c5-7-3-1-6-2-4-7;1-2(3)4/h6H,1-5H2;1H3,(H,3,4). The van der Waals surface area contributed by atoms with Crippen LogP contribution in [0.15, 0.2) is 0 Å². The van der Waals surface area contributed by atoms with Crippen molar-refractivity contribution in [3.05, 3.63) is 0 Å². The molecule has 0 amide bonds. The number of hydrogen-bond acceptors (Lipinski definition) is 4. The van der Waals surface area contributed by atoms with Crippen molar-refractivity contribution in [1.82, 2.24) is 10.3 Å². The first-order valence-electron chi connectivity index (χ1n) is 3.53. The van der Waals surface area contributed by atoms with E-state index in [0.717, 1.165) is 33.1 Å². The number of nitrogens with one attached hydrogen (secondary N) is 1. The lowest BCUT2D eigenvalue weighted by molar-refractivity contribution is -0.134. The Labute approximate surface area is 66.1 Å². The van der Waals surface area contributed by atoms with E-state index in [1.807, 2.05) is 5.01 Å². The lowest BCUT2D eigenvalue weighted by Gasteiger charge is -2.21. The van der Waals surface area contributed by atoms with E-state index in [4.69, 9.17) is 15.7 Å². The fraction of sp³-hybridized carbons (Fsp3) is 0.833. The summed E-state index contributed by atoms with van der Waals surface area (Å²) in [4.78, 5) is 9.00. The average molecular weight is 161 g/mol. The number of hydrogen-bond donors (Lipinski definition) is 3. The molecule has 0 aromatic heterocycles. The molecule has 0 spiro atoms. The van der Waals surface area contributed by atoms with Crippen molar-refractivity contribution in [2.45, 2.75) is 6.92 Å². The smallest absolute Gasteiger partial charge is 0.300 e. The third kappa shape index (κ3) is 9.35. The van der Waals surface area contributed by atoms with Gasteiger partial charge in [-0.25, -0.2) is 5.01 Å². The van der Waals surface area contributed by atoms with Crippen LogP contribution in [0.3, 0.4) is 0 Å². The summed E-state index contributed by atoms with van der Waals surface area (Å²) in [5.41, 5.74) is 0. The van der Waals surface area contributed by atoms with Crippen LogP contribution < -0.4 is 11.2 Å². The first-order chi connectivity index (χ1) is 5.13. The van der Waals surface area contributed by atoms with Crippen LogP contribution in [0.4, 0.5) is 0 Å². The van der Waals surface area contributed by atoms with Gasteiger partial charge in [-0.15, -0.1) is 0 Å². The average Bonchev–Trinajstić information content (AvgIpc) is 1.87. The first kappa shape index (κ1) is 10.3. The normalized spacial score (nSPS) is 18.4. The van der Waals surface area contributed by atoms with E-state index in [-0.39, 0.29) is 0 Å². The molecule has 0 aromatic carbocycles. The monoisotopic (exact) mass is 161 g/mol.